The quantitative estimate of drug-likeness (QED) is 0.172. The highest BCUT2D eigenvalue weighted by molar-refractivity contribution is 6.00. The topological polar surface area (TPSA) is 89.7 Å². The Morgan fingerprint density at radius 3 is 1.73 bits per heavy atom. The SMILES string of the molecule is CC1C[C@@H](Cc2ccc(-c3ccccc3)cc2)N(C(=O)C(C)(C)C)C1=O.CCOC(=O)[C@H](C)CC(N)Cc1ccc(-c2ccccc2)cc1. The van der Waals surface area contributed by atoms with Gasteiger partial charge in [0, 0.05) is 23.4 Å². The molecule has 0 saturated carbocycles. The minimum absolute atomic E-state index is 0.0316. The van der Waals surface area contributed by atoms with Gasteiger partial charge in [-0.25, -0.2) is 0 Å². The second-order valence-electron chi connectivity index (χ2n) is 14.2. The predicted molar refractivity (Wildman–Crippen MR) is 198 cm³/mol. The molecule has 0 bridgehead atoms. The fourth-order valence-electron chi connectivity index (χ4n) is 6.25. The molecule has 0 spiro atoms. The van der Waals surface area contributed by atoms with E-state index in [-0.39, 0.29) is 41.7 Å². The first kappa shape index (κ1) is 37.3. The molecule has 4 aromatic rings. The van der Waals surface area contributed by atoms with Crippen LogP contribution in [0.15, 0.2) is 109 Å². The third kappa shape index (κ3) is 10.5. The number of nitrogens with two attached hydrogens (primary N) is 1. The molecule has 6 heteroatoms. The van der Waals surface area contributed by atoms with Gasteiger partial charge in [0.1, 0.15) is 0 Å². The van der Waals surface area contributed by atoms with Gasteiger partial charge in [0.15, 0.2) is 0 Å². The highest BCUT2D eigenvalue weighted by Gasteiger charge is 2.43. The molecule has 2 unspecified atom stereocenters. The summed E-state index contributed by atoms with van der Waals surface area (Å²) in [6, 6.07) is 37.3. The maximum absolute atomic E-state index is 12.8. The Kier molecular flexibility index (Phi) is 13.1. The van der Waals surface area contributed by atoms with Crippen molar-refractivity contribution >= 4 is 17.8 Å². The smallest absolute Gasteiger partial charge is 0.308 e. The maximum atomic E-state index is 12.8. The lowest BCUT2D eigenvalue weighted by Crippen LogP contribution is -2.46. The molecule has 1 saturated heterocycles. The highest BCUT2D eigenvalue weighted by Crippen LogP contribution is 2.32. The number of rotatable bonds is 10. The van der Waals surface area contributed by atoms with Gasteiger partial charge in [0.25, 0.3) is 0 Å². The number of imide groups is 1. The number of amides is 2. The van der Waals surface area contributed by atoms with E-state index in [2.05, 4.69) is 72.8 Å². The third-order valence-corrected chi connectivity index (χ3v) is 8.95. The number of carbonyl (C=O) groups is 3. The maximum Gasteiger partial charge on any atom is 0.308 e. The summed E-state index contributed by atoms with van der Waals surface area (Å²) in [4.78, 5) is 38.5. The zero-order chi connectivity index (χ0) is 35.6. The Morgan fingerprint density at radius 2 is 1.27 bits per heavy atom. The van der Waals surface area contributed by atoms with Gasteiger partial charge >= 0.3 is 5.97 Å². The summed E-state index contributed by atoms with van der Waals surface area (Å²) in [5, 5.41) is 0. The molecule has 2 amide bonds. The average molecular weight is 661 g/mol. The Morgan fingerprint density at radius 1 is 0.796 bits per heavy atom. The van der Waals surface area contributed by atoms with E-state index in [9.17, 15) is 14.4 Å². The molecule has 4 atom stereocenters. The summed E-state index contributed by atoms with van der Waals surface area (Å²) >= 11 is 0. The first-order valence-corrected chi connectivity index (χ1v) is 17.5. The van der Waals surface area contributed by atoms with Crippen molar-refractivity contribution in [3.8, 4) is 22.3 Å². The summed E-state index contributed by atoms with van der Waals surface area (Å²) in [7, 11) is 0. The molecule has 6 nitrogen and oxygen atoms in total. The van der Waals surface area contributed by atoms with Crippen LogP contribution in [0.3, 0.4) is 0 Å². The average Bonchev–Trinajstić information content (AvgIpc) is 3.37. The lowest BCUT2D eigenvalue weighted by Gasteiger charge is -2.29. The standard InChI is InChI=1S/C23H27NO2.C20H25NO2/c1-16-14-20(24(21(16)25)22(26)23(2,3)4)15-17-10-12-19(13-11-17)18-8-6-5-7-9-18;1-3-23-20(22)15(2)13-19(21)14-16-9-11-18(12-10-16)17-7-5-4-6-8-17/h5-13,16,20H,14-15H2,1-4H3;4-12,15,19H,3,13-14,21H2,1-2H3/t16?,20-;15-,19?/m01/s1. The largest absolute Gasteiger partial charge is 0.466 e. The van der Waals surface area contributed by atoms with E-state index >= 15 is 0 Å². The lowest BCUT2D eigenvalue weighted by molar-refractivity contribution is -0.150. The van der Waals surface area contributed by atoms with E-state index in [1.165, 1.54) is 32.7 Å². The van der Waals surface area contributed by atoms with Gasteiger partial charge in [-0.1, -0.05) is 144 Å². The number of carbonyl (C=O) groups excluding carboxylic acids is 3. The number of hydrogen-bond donors (Lipinski definition) is 1. The van der Waals surface area contributed by atoms with Crippen LogP contribution in [0.5, 0.6) is 0 Å². The van der Waals surface area contributed by atoms with Gasteiger partial charge in [-0.3, -0.25) is 19.3 Å². The summed E-state index contributed by atoms with van der Waals surface area (Å²) < 4.78 is 5.02. The van der Waals surface area contributed by atoms with Crippen LogP contribution in [0.4, 0.5) is 0 Å². The van der Waals surface area contributed by atoms with Crippen LogP contribution in [0, 0.1) is 17.3 Å². The van der Waals surface area contributed by atoms with Gasteiger partial charge in [0.2, 0.25) is 11.8 Å². The second kappa shape index (κ2) is 17.2. The Labute approximate surface area is 292 Å². The molecular formula is C43H52N2O4. The van der Waals surface area contributed by atoms with Crippen molar-refractivity contribution in [2.24, 2.45) is 23.0 Å². The highest BCUT2D eigenvalue weighted by atomic mass is 16.5. The third-order valence-electron chi connectivity index (χ3n) is 8.95. The number of nitrogens with zero attached hydrogens (tertiary/aromatic N) is 1. The number of hydrogen-bond acceptors (Lipinski definition) is 5. The molecule has 1 fully saturated rings. The molecular weight excluding hydrogens is 608 g/mol. The van der Waals surface area contributed by atoms with Crippen molar-refractivity contribution in [3.63, 3.8) is 0 Å². The van der Waals surface area contributed by atoms with Gasteiger partial charge in [-0.2, -0.15) is 0 Å². The van der Waals surface area contributed by atoms with E-state index < -0.39 is 5.41 Å². The monoisotopic (exact) mass is 660 g/mol. The van der Waals surface area contributed by atoms with Crippen molar-refractivity contribution in [2.45, 2.75) is 79.3 Å². The Balaban J connectivity index is 0.000000223. The molecule has 2 N–H and O–H groups in total. The fraction of sp³-hybridized carbons (Fsp3) is 0.372. The molecule has 1 aliphatic rings. The van der Waals surface area contributed by atoms with Gasteiger partial charge in [0.05, 0.1) is 12.5 Å². The van der Waals surface area contributed by atoms with E-state index in [1.807, 2.05) is 77.9 Å². The van der Waals surface area contributed by atoms with E-state index in [4.69, 9.17) is 10.5 Å². The molecule has 5 rings (SSSR count). The van der Waals surface area contributed by atoms with Crippen LogP contribution in [0.25, 0.3) is 22.3 Å². The summed E-state index contributed by atoms with van der Waals surface area (Å²) in [5.74, 6) is -0.514. The molecule has 4 aromatic carbocycles. The van der Waals surface area contributed by atoms with Crippen molar-refractivity contribution in [2.75, 3.05) is 6.61 Å². The number of likely N-dealkylation sites (tertiary alicyclic amines) is 1. The summed E-state index contributed by atoms with van der Waals surface area (Å²) in [6.07, 6.45) is 2.85. The van der Waals surface area contributed by atoms with Crippen LogP contribution < -0.4 is 5.73 Å². The van der Waals surface area contributed by atoms with E-state index in [1.54, 1.807) is 0 Å². The first-order chi connectivity index (χ1) is 23.4. The van der Waals surface area contributed by atoms with Crippen LogP contribution in [-0.2, 0) is 32.0 Å². The lowest BCUT2D eigenvalue weighted by atomic mass is 9.93. The molecule has 1 aliphatic heterocycles. The van der Waals surface area contributed by atoms with E-state index in [0.717, 1.165) is 18.4 Å². The molecule has 49 heavy (non-hydrogen) atoms. The van der Waals surface area contributed by atoms with Gasteiger partial charge in [-0.05, 0) is 66.0 Å². The first-order valence-electron chi connectivity index (χ1n) is 17.5. The minimum atomic E-state index is -0.546. The zero-order valence-corrected chi connectivity index (χ0v) is 29.9. The van der Waals surface area contributed by atoms with Crippen molar-refractivity contribution in [3.05, 3.63) is 120 Å². The summed E-state index contributed by atoms with van der Waals surface area (Å²) in [6.45, 7) is 11.6. The molecule has 0 aromatic heterocycles. The Hall–Kier alpha value is -4.55. The minimum Gasteiger partial charge on any atom is -0.466 e. The van der Waals surface area contributed by atoms with Crippen LogP contribution in [-0.4, -0.2) is 41.4 Å². The van der Waals surface area contributed by atoms with Crippen molar-refractivity contribution in [1.82, 2.24) is 4.90 Å². The zero-order valence-electron chi connectivity index (χ0n) is 29.9. The predicted octanol–water partition coefficient (Wildman–Crippen LogP) is 8.52. The van der Waals surface area contributed by atoms with Crippen LogP contribution in [0.1, 0.15) is 65.5 Å². The van der Waals surface area contributed by atoms with Crippen molar-refractivity contribution in [1.29, 1.82) is 0 Å². The number of esters is 1. The number of ether oxygens (including phenoxy) is 1. The van der Waals surface area contributed by atoms with Gasteiger partial charge in [-0.15, -0.1) is 0 Å². The molecule has 0 radical (unpaired) electrons. The second-order valence-corrected chi connectivity index (χ2v) is 14.2. The molecule has 0 aliphatic carbocycles. The van der Waals surface area contributed by atoms with Crippen LogP contribution in [0.2, 0.25) is 0 Å². The normalized spacial score (nSPS) is 17.1. The summed E-state index contributed by atoms with van der Waals surface area (Å²) in [5.41, 5.74) is 12.7. The van der Waals surface area contributed by atoms with Crippen LogP contribution >= 0.6 is 0 Å². The Bertz CT molecular complexity index is 1640. The van der Waals surface area contributed by atoms with Gasteiger partial charge < -0.3 is 10.5 Å². The van der Waals surface area contributed by atoms with Crippen molar-refractivity contribution < 1.29 is 19.1 Å². The number of benzene rings is 4. The molecule has 1 heterocycles. The fourth-order valence-corrected chi connectivity index (χ4v) is 6.25. The van der Waals surface area contributed by atoms with E-state index in [0.29, 0.717) is 19.4 Å². The molecule has 258 valence electrons.